The number of ether oxygens (including phenoxy) is 1. The fourth-order valence-electron chi connectivity index (χ4n) is 1.88. The Labute approximate surface area is 152 Å². The highest BCUT2D eigenvalue weighted by atomic mass is 35.5. The molecule has 24 heavy (non-hydrogen) atoms. The molecule has 0 saturated carbocycles. The van der Waals surface area contributed by atoms with Gasteiger partial charge in [-0.25, -0.2) is 9.89 Å². The van der Waals surface area contributed by atoms with Gasteiger partial charge in [-0.15, -0.1) is 5.10 Å². The quantitative estimate of drug-likeness (QED) is 0.534. The molecule has 0 spiro atoms. The van der Waals surface area contributed by atoms with Crippen LogP contribution >= 0.6 is 35.0 Å². The Balaban J connectivity index is 1.93. The minimum atomic E-state index is -0.310. The van der Waals surface area contributed by atoms with Gasteiger partial charge in [0, 0.05) is 25.3 Å². The summed E-state index contributed by atoms with van der Waals surface area (Å²) in [5.74, 6) is -0.170. The molecule has 10 heteroatoms. The molecular weight excluding hydrogens is 375 g/mol. The van der Waals surface area contributed by atoms with Crippen molar-refractivity contribution >= 4 is 46.6 Å². The summed E-state index contributed by atoms with van der Waals surface area (Å²) in [6.45, 7) is 1.01. The fourth-order valence-corrected chi connectivity index (χ4v) is 3.11. The lowest BCUT2D eigenvalue weighted by Gasteiger charge is -2.08. The molecule has 2 N–H and O–H groups in total. The monoisotopic (exact) mass is 390 g/mol. The minimum Gasteiger partial charge on any atom is -0.385 e. The first-order valence-corrected chi connectivity index (χ1v) is 8.77. The van der Waals surface area contributed by atoms with Crippen LogP contribution in [0.3, 0.4) is 0 Å². The lowest BCUT2D eigenvalue weighted by Crippen LogP contribution is -2.19. The number of aromatic nitrogens is 3. The van der Waals surface area contributed by atoms with E-state index in [-0.39, 0.29) is 17.3 Å². The lowest BCUT2D eigenvalue weighted by atomic mass is 10.3. The number of aromatic amines is 1. The zero-order chi connectivity index (χ0) is 17.5. The largest absolute Gasteiger partial charge is 0.385 e. The summed E-state index contributed by atoms with van der Waals surface area (Å²) in [5.41, 5.74) is 0.168. The van der Waals surface area contributed by atoms with Crippen LogP contribution in [0.4, 0.5) is 5.69 Å². The van der Waals surface area contributed by atoms with E-state index in [1.54, 1.807) is 25.3 Å². The van der Waals surface area contributed by atoms with Crippen molar-refractivity contribution in [2.45, 2.75) is 18.1 Å². The lowest BCUT2D eigenvalue weighted by molar-refractivity contribution is -0.113. The first-order valence-electron chi connectivity index (χ1n) is 7.03. The highest BCUT2D eigenvalue weighted by molar-refractivity contribution is 7.99. The third-order valence-corrected chi connectivity index (χ3v) is 4.52. The van der Waals surface area contributed by atoms with E-state index >= 15 is 0 Å². The molecule has 0 bridgehead atoms. The van der Waals surface area contributed by atoms with Crippen molar-refractivity contribution in [2.75, 3.05) is 24.8 Å². The molecule has 1 aromatic heterocycles. The molecule has 0 fully saturated rings. The summed E-state index contributed by atoms with van der Waals surface area (Å²) in [6.07, 6.45) is 0.677. The number of hydrogen-bond acceptors (Lipinski definition) is 5. The highest BCUT2D eigenvalue weighted by Gasteiger charge is 2.12. The average molecular weight is 391 g/mol. The molecule has 0 atom stereocenters. The molecule has 0 radical (unpaired) electrons. The number of rotatable bonds is 8. The van der Waals surface area contributed by atoms with Gasteiger partial charge >= 0.3 is 5.69 Å². The molecule has 1 amide bonds. The van der Waals surface area contributed by atoms with Crippen molar-refractivity contribution in [3.8, 4) is 0 Å². The number of nitrogens with one attached hydrogen (secondary N) is 2. The van der Waals surface area contributed by atoms with Crippen LogP contribution in [0.15, 0.2) is 28.2 Å². The van der Waals surface area contributed by atoms with Crippen molar-refractivity contribution in [1.29, 1.82) is 0 Å². The Bertz CT molecular complexity index is 763. The van der Waals surface area contributed by atoms with Crippen molar-refractivity contribution in [3.63, 3.8) is 0 Å². The smallest absolute Gasteiger partial charge is 0.343 e. The van der Waals surface area contributed by atoms with E-state index < -0.39 is 0 Å². The maximum absolute atomic E-state index is 12.0. The van der Waals surface area contributed by atoms with Crippen LogP contribution in [0, 0.1) is 0 Å². The maximum atomic E-state index is 12.0. The molecule has 0 aliphatic rings. The predicted octanol–water partition coefficient (Wildman–Crippen LogP) is 2.65. The van der Waals surface area contributed by atoms with Crippen molar-refractivity contribution in [1.82, 2.24) is 14.8 Å². The number of thioether (sulfide) groups is 1. The number of anilines is 1. The Morgan fingerprint density at radius 3 is 2.96 bits per heavy atom. The number of benzene rings is 1. The standard InChI is InChI=1S/C14H16Cl2N4O3S/c1-23-6-2-5-20-13(22)18-19-14(20)24-8-12(21)17-11-4-3-9(15)7-10(11)16/h3-4,7H,2,5-6,8H2,1H3,(H,17,21)(H,18,22). The Morgan fingerprint density at radius 1 is 1.46 bits per heavy atom. The van der Waals surface area contributed by atoms with Gasteiger partial charge in [0.1, 0.15) is 0 Å². The van der Waals surface area contributed by atoms with Crippen LogP contribution in [0.5, 0.6) is 0 Å². The number of methoxy groups -OCH3 is 1. The number of nitrogens with zero attached hydrogens (tertiary/aromatic N) is 2. The van der Waals surface area contributed by atoms with E-state index in [0.29, 0.717) is 40.5 Å². The number of H-pyrrole nitrogens is 1. The van der Waals surface area contributed by atoms with Crippen LogP contribution in [0.1, 0.15) is 6.42 Å². The molecule has 0 aliphatic heterocycles. The van der Waals surface area contributed by atoms with Gasteiger partial charge in [-0.1, -0.05) is 35.0 Å². The molecule has 0 unspecified atom stereocenters. The second kappa shape index (κ2) is 9.12. The predicted molar refractivity (Wildman–Crippen MR) is 95.2 cm³/mol. The summed E-state index contributed by atoms with van der Waals surface area (Å²) in [4.78, 5) is 23.7. The first-order chi connectivity index (χ1) is 11.5. The van der Waals surface area contributed by atoms with Gasteiger partial charge in [0.25, 0.3) is 0 Å². The number of carbonyl (C=O) groups is 1. The molecular formula is C14H16Cl2N4O3S. The fraction of sp³-hybridized carbons (Fsp3) is 0.357. The van der Waals surface area contributed by atoms with Gasteiger partial charge in [0.15, 0.2) is 5.16 Å². The number of carbonyl (C=O) groups excluding carboxylic acids is 1. The average Bonchev–Trinajstić information content (AvgIpc) is 2.89. The van der Waals surface area contributed by atoms with Crippen molar-refractivity contribution in [3.05, 3.63) is 38.7 Å². The molecule has 1 heterocycles. The molecule has 0 saturated heterocycles. The van der Waals surface area contributed by atoms with E-state index in [4.69, 9.17) is 27.9 Å². The second-order valence-electron chi connectivity index (χ2n) is 4.77. The molecule has 2 rings (SSSR count). The highest BCUT2D eigenvalue weighted by Crippen LogP contribution is 2.25. The van der Waals surface area contributed by atoms with Gasteiger partial charge < -0.3 is 10.1 Å². The van der Waals surface area contributed by atoms with Crippen LogP contribution in [0.2, 0.25) is 10.0 Å². The van der Waals surface area contributed by atoms with Gasteiger partial charge in [0.05, 0.1) is 16.5 Å². The van der Waals surface area contributed by atoms with E-state index in [2.05, 4.69) is 15.5 Å². The maximum Gasteiger partial charge on any atom is 0.343 e. The van der Waals surface area contributed by atoms with Gasteiger partial charge in [-0.2, -0.15) is 0 Å². The summed E-state index contributed by atoms with van der Waals surface area (Å²) in [7, 11) is 1.60. The topological polar surface area (TPSA) is 89.0 Å². The van der Waals surface area contributed by atoms with Gasteiger partial charge in [-0.3, -0.25) is 9.36 Å². The summed E-state index contributed by atoms with van der Waals surface area (Å²) in [5, 5.41) is 10.3. The number of amides is 1. The van der Waals surface area contributed by atoms with Crippen LogP contribution < -0.4 is 11.0 Å². The van der Waals surface area contributed by atoms with E-state index in [9.17, 15) is 9.59 Å². The van der Waals surface area contributed by atoms with Gasteiger partial charge in [0.2, 0.25) is 5.91 Å². The van der Waals surface area contributed by atoms with Crippen LogP contribution in [-0.2, 0) is 16.1 Å². The second-order valence-corrected chi connectivity index (χ2v) is 6.56. The van der Waals surface area contributed by atoms with E-state index in [1.165, 1.54) is 4.57 Å². The molecule has 2 aromatic rings. The molecule has 130 valence electrons. The normalized spacial score (nSPS) is 10.8. The zero-order valence-electron chi connectivity index (χ0n) is 12.8. The SMILES string of the molecule is COCCCn1c(SCC(=O)Nc2ccc(Cl)cc2Cl)n[nH]c1=O. The summed E-state index contributed by atoms with van der Waals surface area (Å²) >= 11 is 13.0. The van der Waals surface area contributed by atoms with Gasteiger partial charge in [-0.05, 0) is 24.6 Å². The minimum absolute atomic E-state index is 0.0908. The Morgan fingerprint density at radius 2 is 2.25 bits per heavy atom. The summed E-state index contributed by atoms with van der Waals surface area (Å²) < 4.78 is 6.44. The third kappa shape index (κ3) is 5.27. The third-order valence-electron chi connectivity index (χ3n) is 2.99. The van der Waals surface area contributed by atoms with Crippen LogP contribution in [0.25, 0.3) is 0 Å². The molecule has 7 nitrogen and oxygen atoms in total. The molecule has 0 aliphatic carbocycles. The summed E-state index contributed by atoms with van der Waals surface area (Å²) in [6, 6.07) is 4.81. The Kier molecular flexibility index (Phi) is 7.16. The Hall–Kier alpha value is -1.48. The first kappa shape index (κ1) is 18.9. The van der Waals surface area contributed by atoms with Crippen molar-refractivity contribution in [2.24, 2.45) is 0 Å². The molecule has 1 aromatic carbocycles. The van der Waals surface area contributed by atoms with E-state index in [0.717, 1.165) is 11.8 Å². The van der Waals surface area contributed by atoms with Crippen LogP contribution in [-0.4, -0.2) is 40.1 Å². The number of hydrogen-bond donors (Lipinski definition) is 2. The van der Waals surface area contributed by atoms with Crippen molar-refractivity contribution < 1.29 is 9.53 Å². The zero-order valence-corrected chi connectivity index (χ0v) is 15.2. The van der Waals surface area contributed by atoms with E-state index in [1.807, 2.05) is 0 Å². The number of halogens is 2.